The second-order valence-corrected chi connectivity index (χ2v) is 12.6. The van der Waals surface area contributed by atoms with Gasteiger partial charge in [0.2, 0.25) is 10.0 Å². The fraction of sp³-hybridized carbons (Fsp3) is 0.458. The van der Waals surface area contributed by atoms with Crippen LogP contribution in [0, 0.1) is 11.8 Å². The number of nitrogens with zero attached hydrogens (tertiary/aromatic N) is 1. The number of halogens is 1. The predicted molar refractivity (Wildman–Crippen MR) is 137 cm³/mol. The van der Waals surface area contributed by atoms with Gasteiger partial charge in [0.15, 0.2) is 6.29 Å². The van der Waals surface area contributed by atoms with Crippen molar-refractivity contribution in [3.05, 3.63) is 52.5 Å². The molecule has 186 valence electrons. The van der Waals surface area contributed by atoms with Gasteiger partial charge in [-0.05, 0) is 60.7 Å². The number of rotatable bonds is 9. The molecule has 3 rings (SSSR count). The summed E-state index contributed by atoms with van der Waals surface area (Å²) in [5, 5.41) is 2.79. The van der Waals surface area contributed by atoms with Crippen LogP contribution in [0.4, 0.5) is 0 Å². The van der Waals surface area contributed by atoms with Gasteiger partial charge in [-0.2, -0.15) is 4.31 Å². The molecule has 10 heteroatoms. The van der Waals surface area contributed by atoms with Crippen molar-refractivity contribution in [2.75, 3.05) is 33.9 Å². The van der Waals surface area contributed by atoms with Gasteiger partial charge >= 0.3 is 0 Å². The first-order valence-electron chi connectivity index (χ1n) is 11.1. The average molecular weight is 572 g/mol. The Balaban J connectivity index is 1.95. The van der Waals surface area contributed by atoms with E-state index in [1.807, 2.05) is 24.3 Å². The van der Waals surface area contributed by atoms with Gasteiger partial charge in [0.25, 0.3) is 5.91 Å². The van der Waals surface area contributed by atoms with Gasteiger partial charge < -0.3 is 14.8 Å². The van der Waals surface area contributed by atoms with E-state index in [9.17, 15) is 13.2 Å². The van der Waals surface area contributed by atoms with Crippen LogP contribution in [-0.4, -0.2) is 58.8 Å². The van der Waals surface area contributed by atoms with Crippen molar-refractivity contribution in [3.8, 4) is 0 Å². The molecule has 0 spiro atoms. The van der Waals surface area contributed by atoms with Crippen molar-refractivity contribution >= 4 is 43.6 Å². The number of hydrogen-bond donors (Lipinski definition) is 1. The summed E-state index contributed by atoms with van der Waals surface area (Å²) < 4.78 is 39.7. The van der Waals surface area contributed by atoms with Crippen LogP contribution in [0.3, 0.4) is 0 Å². The lowest BCUT2D eigenvalue weighted by molar-refractivity contribution is -0.0974. The van der Waals surface area contributed by atoms with E-state index < -0.39 is 22.2 Å². The zero-order valence-corrected chi connectivity index (χ0v) is 23.0. The number of nitrogens with one attached hydrogen (secondary N) is 1. The molecule has 0 saturated carbocycles. The molecule has 1 amide bonds. The molecule has 0 aromatic heterocycles. The van der Waals surface area contributed by atoms with E-state index >= 15 is 0 Å². The lowest BCUT2D eigenvalue weighted by Gasteiger charge is -2.34. The maximum Gasteiger partial charge on any atom is 0.252 e. The summed E-state index contributed by atoms with van der Waals surface area (Å²) in [7, 11) is -0.753. The molecule has 2 aromatic rings. The average Bonchev–Trinajstić information content (AvgIpc) is 2.80. The number of sulfonamides is 1. The van der Waals surface area contributed by atoms with E-state index in [2.05, 4.69) is 35.1 Å². The zero-order valence-electron chi connectivity index (χ0n) is 19.8. The summed E-state index contributed by atoms with van der Waals surface area (Å²) >= 11 is 4.83. The first-order valence-corrected chi connectivity index (χ1v) is 14.1. The summed E-state index contributed by atoms with van der Waals surface area (Å²) in [5.74, 6) is 0.179. The Morgan fingerprint density at radius 3 is 2.32 bits per heavy atom. The van der Waals surface area contributed by atoms with Crippen LogP contribution in [0.1, 0.15) is 30.6 Å². The van der Waals surface area contributed by atoms with E-state index in [1.165, 1.54) is 36.4 Å². The monoisotopic (exact) mass is 570 g/mol. The minimum absolute atomic E-state index is 0.120. The van der Waals surface area contributed by atoms with Crippen molar-refractivity contribution in [1.82, 2.24) is 9.62 Å². The smallest absolute Gasteiger partial charge is 0.252 e. The van der Waals surface area contributed by atoms with E-state index in [0.717, 1.165) is 15.8 Å². The maximum atomic E-state index is 13.5. The standard InChI is InChI=1S/C24H31BrN2O5S2/c1-16-11-17(2)15-27(14-16)34(29,30)20-9-10-22(33-19-7-5-18(25)6-8-19)21(12-20)24(28)26-13-23(31-3)32-4/h5-10,12,16-17,23H,11,13-15H2,1-4H3,(H,26,28)/t16-,17+. The van der Waals surface area contributed by atoms with Crippen LogP contribution in [-0.2, 0) is 19.5 Å². The highest BCUT2D eigenvalue weighted by atomic mass is 79.9. The highest BCUT2D eigenvalue weighted by Gasteiger charge is 2.32. The normalized spacial score (nSPS) is 19.4. The van der Waals surface area contributed by atoms with E-state index in [-0.39, 0.29) is 28.8 Å². The van der Waals surface area contributed by atoms with Gasteiger partial charge in [-0.15, -0.1) is 0 Å². The van der Waals surface area contributed by atoms with Crippen LogP contribution in [0.25, 0.3) is 0 Å². The summed E-state index contributed by atoms with van der Waals surface area (Å²) in [4.78, 5) is 14.9. The van der Waals surface area contributed by atoms with Crippen molar-refractivity contribution < 1.29 is 22.7 Å². The molecule has 2 atom stereocenters. The minimum atomic E-state index is -3.73. The third-order valence-corrected chi connectivity index (χ3v) is 9.11. The molecule has 1 fully saturated rings. The van der Waals surface area contributed by atoms with Crippen molar-refractivity contribution in [2.24, 2.45) is 11.8 Å². The second kappa shape index (κ2) is 12.0. The number of methoxy groups -OCH3 is 2. The molecule has 1 saturated heterocycles. The molecule has 0 radical (unpaired) electrons. The summed E-state index contributed by atoms with van der Waals surface area (Å²) in [6.45, 7) is 5.22. The van der Waals surface area contributed by atoms with Crippen molar-refractivity contribution in [1.29, 1.82) is 0 Å². The molecular formula is C24H31BrN2O5S2. The number of benzene rings is 2. The molecule has 1 aliphatic heterocycles. The van der Waals surface area contributed by atoms with E-state index in [1.54, 1.807) is 12.1 Å². The van der Waals surface area contributed by atoms with Crippen LogP contribution < -0.4 is 5.32 Å². The van der Waals surface area contributed by atoms with Gasteiger partial charge in [-0.25, -0.2) is 8.42 Å². The summed E-state index contributed by atoms with van der Waals surface area (Å²) in [6, 6.07) is 12.5. The first-order chi connectivity index (χ1) is 16.1. The predicted octanol–water partition coefficient (Wildman–Crippen LogP) is 4.62. The van der Waals surface area contributed by atoms with Gasteiger partial charge in [0.05, 0.1) is 17.0 Å². The van der Waals surface area contributed by atoms with Gasteiger partial charge in [-0.1, -0.05) is 41.5 Å². The van der Waals surface area contributed by atoms with Crippen molar-refractivity contribution in [2.45, 2.75) is 41.2 Å². The number of ether oxygens (including phenoxy) is 2. The minimum Gasteiger partial charge on any atom is -0.354 e. The highest BCUT2D eigenvalue weighted by molar-refractivity contribution is 9.10. The number of amides is 1. The lowest BCUT2D eigenvalue weighted by Crippen LogP contribution is -2.42. The van der Waals surface area contributed by atoms with Crippen LogP contribution in [0.15, 0.2) is 61.6 Å². The Hall–Kier alpha value is -1.43. The Labute approximate surface area is 214 Å². The van der Waals surface area contributed by atoms with Crippen LogP contribution in [0.5, 0.6) is 0 Å². The van der Waals surface area contributed by atoms with Gasteiger partial charge in [0, 0.05) is 41.6 Å². The Kier molecular flexibility index (Phi) is 9.59. The molecule has 1 heterocycles. The molecule has 34 heavy (non-hydrogen) atoms. The Bertz CT molecular complexity index is 1080. The van der Waals surface area contributed by atoms with E-state index in [0.29, 0.717) is 18.0 Å². The largest absolute Gasteiger partial charge is 0.354 e. The Morgan fingerprint density at radius 1 is 1.12 bits per heavy atom. The number of hydrogen-bond acceptors (Lipinski definition) is 6. The molecule has 2 aromatic carbocycles. The molecular weight excluding hydrogens is 540 g/mol. The lowest BCUT2D eigenvalue weighted by atomic mass is 9.94. The first kappa shape index (κ1) is 27.2. The molecule has 0 unspecified atom stereocenters. The fourth-order valence-electron chi connectivity index (χ4n) is 4.05. The van der Waals surface area contributed by atoms with Gasteiger partial charge in [0.1, 0.15) is 0 Å². The Morgan fingerprint density at radius 2 is 1.74 bits per heavy atom. The molecule has 1 aliphatic rings. The third-order valence-electron chi connectivity index (χ3n) is 5.67. The van der Waals surface area contributed by atoms with Gasteiger partial charge in [-0.3, -0.25) is 4.79 Å². The van der Waals surface area contributed by atoms with E-state index in [4.69, 9.17) is 9.47 Å². The quantitative estimate of drug-likeness (QED) is 0.443. The summed E-state index contributed by atoms with van der Waals surface area (Å²) in [5.41, 5.74) is 0.290. The SMILES string of the molecule is COC(CNC(=O)c1cc(S(=O)(=O)N2C[C@H](C)C[C@H](C)C2)ccc1Sc1ccc(Br)cc1)OC. The van der Waals surface area contributed by atoms with Crippen molar-refractivity contribution in [3.63, 3.8) is 0 Å². The second-order valence-electron chi connectivity index (χ2n) is 8.59. The third kappa shape index (κ3) is 6.83. The molecule has 7 nitrogen and oxygen atoms in total. The molecule has 1 N–H and O–H groups in total. The fourth-order valence-corrected chi connectivity index (χ4v) is 6.95. The number of piperidine rings is 1. The topological polar surface area (TPSA) is 84.9 Å². The molecule has 0 aliphatic carbocycles. The highest BCUT2D eigenvalue weighted by Crippen LogP contribution is 2.34. The van der Waals surface area contributed by atoms with Crippen LogP contribution in [0.2, 0.25) is 0 Å². The maximum absolute atomic E-state index is 13.5. The summed E-state index contributed by atoms with van der Waals surface area (Å²) in [6.07, 6.45) is 0.401. The number of carbonyl (C=O) groups excluding carboxylic acids is 1. The zero-order chi connectivity index (χ0) is 24.9. The number of carbonyl (C=O) groups is 1. The van der Waals surface area contributed by atoms with Crippen LogP contribution >= 0.6 is 27.7 Å². The molecule has 0 bridgehead atoms.